The second-order valence-electron chi connectivity index (χ2n) is 8.81. The Labute approximate surface area is 131 Å². The molecular weight excluding hydrogens is 258 g/mol. The molecule has 3 fully saturated rings. The van der Waals surface area contributed by atoms with E-state index in [2.05, 4.69) is 49.4 Å². The van der Waals surface area contributed by atoms with Gasteiger partial charge in [0, 0.05) is 43.8 Å². The largest absolute Gasteiger partial charge is 0.301 e. The Morgan fingerprint density at radius 2 is 1.57 bits per heavy atom. The number of fused-ring (bicyclic) bond motifs is 1. The SMILES string of the molecule is CCCN(C)C1CN(C2CC3CN(C(C)(C)C)CC3C2)C1. The third-order valence-electron chi connectivity index (χ3n) is 6.28. The standard InChI is InChI=1S/C18H35N3/c1-6-7-19(5)17-12-20(13-17)16-8-14-10-21(18(2,3)4)11-15(14)9-16/h14-17H,6-13H2,1-5H3. The summed E-state index contributed by atoms with van der Waals surface area (Å²) in [7, 11) is 2.30. The van der Waals surface area contributed by atoms with E-state index in [9.17, 15) is 0 Å². The lowest BCUT2D eigenvalue weighted by Gasteiger charge is -2.47. The first-order valence-corrected chi connectivity index (χ1v) is 9.07. The molecule has 3 rings (SSSR count). The Kier molecular flexibility index (Phi) is 4.37. The van der Waals surface area contributed by atoms with E-state index >= 15 is 0 Å². The van der Waals surface area contributed by atoms with E-state index < -0.39 is 0 Å². The number of likely N-dealkylation sites (tertiary alicyclic amines) is 2. The van der Waals surface area contributed by atoms with E-state index in [4.69, 9.17) is 0 Å². The van der Waals surface area contributed by atoms with Gasteiger partial charge in [0.05, 0.1) is 0 Å². The first-order valence-electron chi connectivity index (χ1n) is 9.07. The van der Waals surface area contributed by atoms with Crippen molar-refractivity contribution in [3.63, 3.8) is 0 Å². The monoisotopic (exact) mass is 293 g/mol. The molecule has 3 aliphatic rings. The molecule has 0 bridgehead atoms. The van der Waals surface area contributed by atoms with Crippen LogP contribution in [0.15, 0.2) is 0 Å². The highest BCUT2D eigenvalue weighted by molar-refractivity contribution is 5.01. The van der Waals surface area contributed by atoms with Crippen molar-refractivity contribution in [2.24, 2.45) is 11.8 Å². The fraction of sp³-hybridized carbons (Fsp3) is 1.00. The first-order chi connectivity index (χ1) is 9.88. The Bertz CT molecular complexity index is 342. The molecule has 0 N–H and O–H groups in total. The fourth-order valence-corrected chi connectivity index (χ4v) is 4.71. The number of hydrogen-bond acceptors (Lipinski definition) is 3. The molecule has 2 heterocycles. The minimum Gasteiger partial charge on any atom is -0.301 e. The topological polar surface area (TPSA) is 9.72 Å². The van der Waals surface area contributed by atoms with Crippen LogP contribution in [0.5, 0.6) is 0 Å². The van der Waals surface area contributed by atoms with Crippen LogP contribution in [-0.4, -0.2) is 72.1 Å². The summed E-state index contributed by atoms with van der Waals surface area (Å²) in [5.41, 5.74) is 0.366. The summed E-state index contributed by atoms with van der Waals surface area (Å²) < 4.78 is 0. The molecule has 0 spiro atoms. The number of hydrogen-bond donors (Lipinski definition) is 0. The van der Waals surface area contributed by atoms with Gasteiger partial charge in [-0.2, -0.15) is 0 Å². The molecular formula is C18H35N3. The maximum absolute atomic E-state index is 2.77. The van der Waals surface area contributed by atoms with E-state index in [0.717, 1.165) is 23.9 Å². The van der Waals surface area contributed by atoms with E-state index in [1.807, 2.05) is 0 Å². The van der Waals surface area contributed by atoms with E-state index in [1.165, 1.54) is 52.0 Å². The van der Waals surface area contributed by atoms with Gasteiger partial charge in [0.25, 0.3) is 0 Å². The van der Waals surface area contributed by atoms with Crippen molar-refractivity contribution in [2.45, 2.75) is 64.6 Å². The van der Waals surface area contributed by atoms with Crippen LogP contribution in [-0.2, 0) is 0 Å². The average Bonchev–Trinajstić information content (AvgIpc) is 2.84. The van der Waals surface area contributed by atoms with E-state index in [-0.39, 0.29) is 0 Å². The highest BCUT2D eigenvalue weighted by atomic mass is 15.3. The predicted octanol–water partition coefficient (Wildman–Crippen LogP) is 2.52. The molecule has 0 aromatic carbocycles. The van der Waals surface area contributed by atoms with E-state index in [0.29, 0.717) is 5.54 Å². The molecule has 0 aromatic rings. The molecule has 0 amide bonds. The molecule has 0 aromatic heterocycles. The summed E-state index contributed by atoms with van der Waals surface area (Å²) in [5.74, 6) is 1.95. The molecule has 0 radical (unpaired) electrons. The van der Waals surface area contributed by atoms with Gasteiger partial charge in [-0.3, -0.25) is 9.80 Å². The van der Waals surface area contributed by atoms with Crippen molar-refractivity contribution in [1.82, 2.24) is 14.7 Å². The van der Waals surface area contributed by atoms with Gasteiger partial charge in [-0.1, -0.05) is 6.92 Å². The lowest BCUT2D eigenvalue weighted by Crippen LogP contribution is -2.61. The van der Waals surface area contributed by atoms with Gasteiger partial charge in [0.15, 0.2) is 0 Å². The predicted molar refractivity (Wildman–Crippen MR) is 89.6 cm³/mol. The van der Waals surface area contributed by atoms with Crippen molar-refractivity contribution in [3.05, 3.63) is 0 Å². The summed E-state index contributed by atoms with van der Waals surface area (Å²) >= 11 is 0. The van der Waals surface area contributed by atoms with Crippen molar-refractivity contribution in [1.29, 1.82) is 0 Å². The average molecular weight is 293 g/mol. The van der Waals surface area contributed by atoms with Crippen LogP contribution in [0, 0.1) is 11.8 Å². The highest BCUT2D eigenvalue weighted by Crippen LogP contribution is 2.43. The molecule has 122 valence electrons. The molecule has 2 atom stereocenters. The summed E-state index contributed by atoms with van der Waals surface area (Å²) in [4.78, 5) is 8.05. The molecule has 1 saturated carbocycles. The summed E-state index contributed by atoms with van der Waals surface area (Å²) in [6.07, 6.45) is 4.20. The van der Waals surface area contributed by atoms with Crippen molar-refractivity contribution >= 4 is 0 Å². The Morgan fingerprint density at radius 1 is 1.00 bits per heavy atom. The molecule has 2 unspecified atom stereocenters. The molecule has 3 nitrogen and oxygen atoms in total. The van der Waals surface area contributed by atoms with Crippen molar-refractivity contribution < 1.29 is 0 Å². The number of likely N-dealkylation sites (N-methyl/N-ethyl adjacent to an activating group) is 1. The minimum absolute atomic E-state index is 0.366. The lowest BCUT2D eigenvalue weighted by atomic mass is 10.0. The third kappa shape index (κ3) is 3.16. The number of nitrogens with zero attached hydrogens (tertiary/aromatic N) is 3. The molecule has 2 saturated heterocycles. The van der Waals surface area contributed by atoms with Crippen molar-refractivity contribution in [2.75, 3.05) is 39.8 Å². The van der Waals surface area contributed by atoms with Crippen LogP contribution < -0.4 is 0 Å². The Morgan fingerprint density at radius 3 is 2.05 bits per heavy atom. The third-order valence-corrected chi connectivity index (χ3v) is 6.28. The molecule has 3 heteroatoms. The highest BCUT2D eigenvalue weighted by Gasteiger charge is 2.47. The van der Waals surface area contributed by atoms with Crippen LogP contribution >= 0.6 is 0 Å². The van der Waals surface area contributed by atoms with Crippen LogP contribution in [0.3, 0.4) is 0 Å². The van der Waals surface area contributed by atoms with Crippen molar-refractivity contribution in [3.8, 4) is 0 Å². The Hall–Kier alpha value is -0.120. The molecule has 21 heavy (non-hydrogen) atoms. The second-order valence-corrected chi connectivity index (χ2v) is 8.81. The van der Waals surface area contributed by atoms with Crippen LogP contribution in [0.25, 0.3) is 0 Å². The zero-order valence-corrected chi connectivity index (χ0v) is 14.8. The maximum atomic E-state index is 2.77. The number of rotatable bonds is 4. The first kappa shape index (κ1) is 15.8. The zero-order chi connectivity index (χ0) is 15.2. The normalized spacial score (nSPS) is 35.4. The lowest BCUT2D eigenvalue weighted by molar-refractivity contribution is 0.0136. The minimum atomic E-state index is 0.366. The quantitative estimate of drug-likeness (QED) is 0.788. The fourth-order valence-electron chi connectivity index (χ4n) is 4.71. The van der Waals surface area contributed by atoms with Gasteiger partial charge in [0.2, 0.25) is 0 Å². The van der Waals surface area contributed by atoms with Crippen LogP contribution in [0.1, 0.15) is 47.0 Å². The Balaban J connectivity index is 1.45. The zero-order valence-electron chi connectivity index (χ0n) is 14.8. The van der Waals surface area contributed by atoms with Gasteiger partial charge in [0.1, 0.15) is 0 Å². The molecule has 1 aliphatic carbocycles. The van der Waals surface area contributed by atoms with E-state index in [1.54, 1.807) is 0 Å². The van der Waals surface area contributed by atoms with Gasteiger partial charge in [-0.15, -0.1) is 0 Å². The van der Waals surface area contributed by atoms with Gasteiger partial charge in [-0.05, 0) is 65.5 Å². The second kappa shape index (κ2) is 5.82. The molecule has 2 aliphatic heterocycles. The summed E-state index contributed by atoms with van der Waals surface area (Å²) in [5, 5.41) is 0. The summed E-state index contributed by atoms with van der Waals surface area (Å²) in [6, 6.07) is 1.73. The van der Waals surface area contributed by atoms with Gasteiger partial charge < -0.3 is 4.90 Å². The summed E-state index contributed by atoms with van der Waals surface area (Å²) in [6.45, 7) is 16.0. The maximum Gasteiger partial charge on any atom is 0.0347 e. The van der Waals surface area contributed by atoms with Crippen LogP contribution in [0.4, 0.5) is 0 Å². The van der Waals surface area contributed by atoms with Crippen LogP contribution in [0.2, 0.25) is 0 Å². The van der Waals surface area contributed by atoms with Gasteiger partial charge >= 0.3 is 0 Å². The smallest absolute Gasteiger partial charge is 0.0347 e. The van der Waals surface area contributed by atoms with Gasteiger partial charge in [-0.25, -0.2) is 0 Å².